The van der Waals surface area contributed by atoms with Gasteiger partial charge in [-0.3, -0.25) is 9.69 Å². The number of benzene rings is 1. The van der Waals surface area contributed by atoms with Crippen LogP contribution in [0.3, 0.4) is 0 Å². The second-order valence-corrected chi connectivity index (χ2v) is 9.25. The lowest BCUT2D eigenvalue weighted by Crippen LogP contribution is -2.55. The van der Waals surface area contributed by atoms with E-state index in [4.69, 9.17) is 9.72 Å². The molecular weight excluding hydrogens is 406 g/mol. The van der Waals surface area contributed by atoms with Crippen molar-refractivity contribution in [3.05, 3.63) is 42.6 Å². The molecule has 1 aromatic carbocycles. The van der Waals surface area contributed by atoms with Crippen LogP contribution < -0.4 is 4.90 Å². The van der Waals surface area contributed by atoms with Gasteiger partial charge in [0.25, 0.3) is 0 Å². The third-order valence-corrected chi connectivity index (χ3v) is 5.75. The Kier molecular flexibility index (Phi) is 6.30. The van der Waals surface area contributed by atoms with E-state index in [1.807, 2.05) is 62.1 Å². The van der Waals surface area contributed by atoms with Crippen molar-refractivity contribution in [2.75, 3.05) is 37.6 Å². The van der Waals surface area contributed by atoms with Crippen LogP contribution in [0, 0.1) is 0 Å². The predicted molar refractivity (Wildman–Crippen MR) is 122 cm³/mol. The third-order valence-electron chi connectivity index (χ3n) is 5.75. The van der Waals surface area contributed by atoms with Crippen LogP contribution in [-0.2, 0) is 9.53 Å². The summed E-state index contributed by atoms with van der Waals surface area (Å²) in [6.45, 7) is 8.67. The second kappa shape index (κ2) is 9.14. The highest BCUT2D eigenvalue weighted by molar-refractivity contribution is 5.86. The van der Waals surface area contributed by atoms with Crippen LogP contribution in [0.1, 0.15) is 33.6 Å². The number of carbonyl (C=O) groups excluding carboxylic acids is 2. The number of aromatic nitrogens is 2. The van der Waals surface area contributed by atoms with Crippen LogP contribution >= 0.6 is 0 Å². The van der Waals surface area contributed by atoms with Crippen molar-refractivity contribution in [2.24, 2.45) is 0 Å². The Bertz CT molecular complexity index is 952. The number of anilines is 1. The Balaban J connectivity index is 1.37. The molecule has 3 heterocycles. The smallest absolute Gasteiger partial charge is 0.410 e. The molecule has 4 rings (SSSR count). The van der Waals surface area contributed by atoms with Crippen molar-refractivity contribution >= 4 is 17.8 Å². The molecule has 2 aliphatic heterocycles. The van der Waals surface area contributed by atoms with Crippen LogP contribution in [0.25, 0.3) is 11.4 Å². The highest BCUT2D eigenvalue weighted by atomic mass is 16.6. The van der Waals surface area contributed by atoms with E-state index in [1.54, 1.807) is 11.1 Å². The lowest BCUT2D eigenvalue weighted by atomic mass is 10.1. The summed E-state index contributed by atoms with van der Waals surface area (Å²) >= 11 is 0. The molecule has 0 saturated carbocycles. The minimum atomic E-state index is -0.574. The van der Waals surface area contributed by atoms with Gasteiger partial charge in [0.1, 0.15) is 17.5 Å². The summed E-state index contributed by atoms with van der Waals surface area (Å²) < 4.78 is 5.51. The summed E-state index contributed by atoms with van der Waals surface area (Å²) in [6.07, 6.45) is 2.88. The van der Waals surface area contributed by atoms with E-state index in [0.717, 1.165) is 17.8 Å². The first kappa shape index (κ1) is 22.0. The molecule has 0 radical (unpaired) electrons. The number of nitrogens with zero attached hydrogens (tertiary/aromatic N) is 5. The lowest BCUT2D eigenvalue weighted by molar-refractivity contribution is -0.136. The van der Waals surface area contributed by atoms with Crippen LogP contribution in [0.5, 0.6) is 0 Å². The standard InChI is InChI=1S/C24H31N5O3/c1-24(2,3)32-23(31)29-13-7-10-19(29)22(30)28-16-14-27(15-17-28)20-11-12-25-21(26-20)18-8-5-4-6-9-18/h4-6,8-9,11-12,19H,7,10,13-17H2,1-3H3. The van der Waals surface area contributed by atoms with Gasteiger partial charge in [-0.25, -0.2) is 14.8 Å². The fraction of sp³-hybridized carbons (Fsp3) is 0.500. The van der Waals surface area contributed by atoms with Gasteiger partial charge in [-0.05, 0) is 39.7 Å². The van der Waals surface area contributed by atoms with Crippen molar-refractivity contribution < 1.29 is 14.3 Å². The predicted octanol–water partition coefficient (Wildman–Crippen LogP) is 3.19. The molecule has 32 heavy (non-hydrogen) atoms. The number of hydrogen-bond donors (Lipinski definition) is 0. The molecule has 2 amide bonds. The Morgan fingerprint density at radius 2 is 1.72 bits per heavy atom. The monoisotopic (exact) mass is 437 g/mol. The van der Waals surface area contributed by atoms with Crippen molar-refractivity contribution in [1.29, 1.82) is 0 Å². The minimum absolute atomic E-state index is 0.0145. The molecule has 0 bridgehead atoms. The molecule has 8 nitrogen and oxygen atoms in total. The first-order chi connectivity index (χ1) is 15.3. The fourth-order valence-electron chi connectivity index (χ4n) is 4.18. The van der Waals surface area contributed by atoms with E-state index in [0.29, 0.717) is 45.0 Å². The van der Waals surface area contributed by atoms with Gasteiger partial charge in [0.2, 0.25) is 5.91 Å². The van der Waals surface area contributed by atoms with Crippen LogP contribution in [-0.4, -0.2) is 76.1 Å². The molecule has 0 spiro atoms. The number of carbonyl (C=O) groups is 2. The fourth-order valence-corrected chi connectivity index (χ4v) is 4.18. The van der Waals surface area contributed by atoms with E-state index in [2.05, 4.69) is 9.88 Å². The van der Waals surface area contributed by atoms with Crippen molar-refractivity contribution in [3.63, 3.8) is 0 Å². The minimum Gasteiger partial charge on any atom is -0.444 e. The average Bonchev–Trinajstić information content (AvgIpc) is 3.29. The maximum Gasteiger partial charge on any atom is 0.410 e. The van der Waals surface area contributed by atoms with Crippen molar-refractivity contribution in [1.82, 2.24) is 19.8 Å². The summed E-state index contributed by atoms with van der Waals surface area (Å²) in [5, 5.41) is 0. The number of hydrogen-bond acceptors (Lipinski definition) is 6. The zero-order chi connectivity index (χ0) is 22.7. The molecular formula is C24H31N5O3. The quantitative estimate of drug-likeness (QED) is 0.734. The van der Waals surface area contributed by atoms with Gasteiger partial charge in [-0.1, -0.05) is 30.3 Å². The Labute approximate surface area is 189 Å². The number of ether oxygens (including phenoxy) is 1. The lowest BCUT2D eigenvalue weighted by Gasteiger charge is -2.38. The van der Waals surface area contributed by atoms with Crippen molar-refractivity contribution in [3.8, 4) is 11.4 Å². The number of likely N-dealkylation sites (tertiary alicyclic amines) is 1. The molecule has 2 aliphatic rings. The zero-order valence-electron chi connectivity index (χ0n) is 19.0. The molecule has 1 unspecified atom stereocenters. The molecule has 0 N–H and O–H groups in total. The molecule has 1 atom stereocenters. The SMILES string of the molecule is CC(C)(C)OC(=O)N1CCCC1C(=O)N1CCN(c2ccnc(-c3ccccc3)n2)CC1. The van der Waals surface area contributed by atoms with Gasteiger partial charge in [-0.2, -0.15) is 0 Å². The van der Waals surface area contributed by atoms with Gasteiger partial charge in [0.15, 0.2) is 5.82 Å². The molecule has 2 aromatic rings. The van der Waals surface area contributed by atoms with E-state index in [1.165, 1.54) is 0 Å². The summed E-state index contributed by atoms with van der Waals surface area (Å²) in [5.41, 5.74) is 0.404. The molecule has 2 saturated heterocycles. The first-order valence-corrected chi connectivity index (χ1v) is 11.2. The first-order valence-electron chi connectivity index (χ1n) is 11.2. The number of amides is 2. The third kappa shape index (κ3) is 5.00. The summed E-state index contributed by atoms with van der Waals surface area (Å²) in [7, 11) is 0. The Hall–Kier alpha value is -3.16. The molecule has 0 aliphatic carbocycles. The van der Waals surface area contributed by atoms with Crippen LogP contribution in [0.15, 0.2) is 42.6 Å². The summed E-state index contributed by atoms with van der Waals surface area (Å²) in [6, 6.07) is 11.4. The molecule has 2 fully saturated rings. The molecule has 8 heteroatoms. The number of rotatable bonds is 3. The Morgan fingerprint density at radius 3 is 2.41 bits per heavy atom. The maximum atomic E-state index is 13.2. The van der Waals surface area contributed by atoms with Gasteiger partial charge >= 0.3 is 6.09 Å². The largest absolute Gasteiger partial charge is 0.444 e. The van der Waals surface area contributed by atoms with Gasteiger partial charge in [0, 0.05) is 44.5 Å². The van der Waals surface area contributed by atoms with Crippen LogP contribution in [0.4, 0.5) is 10.6 Å². The molecule has 1 aromatic heterocycles. The van der Waals surface area contributed by atoms with Crippen LogP contribution in [0.2, 0.25) is 0 Å². The number of piperazine rings is 1. The van der Waals surface area contributed by atoms with Gasteiger partial charge in [0.05, 0.1) is 0 Å². The van der Waals surface area contributed by atoms with E-state index in [9.17, 15) is 9.59 Å². The highest BCUT2D eigenvalue weighted by Crippen LogP contribution is 2.24. The second-order valence-electron chi connectivity index (χ2n) is 9.25. The topological polar surface area (TPSA) is 78.9 Å². The maximum absolute atomic E-state index is 13.2. The average molecular weight is 438 g/mol. The summed E-state index contributed by atoms with van der Waals surface area (Å²) in [5.74, 6) is 1.57. The Morgan fingerprint density at radius 1 is 1.00 bits per heavy atom. The zero-order valence-corrected chi connectivity index (χ0v) is 19.0. The normalized spacial score (nSPS) is 19.2. The van der Waals surface area contributed by atoms with Gasteiger partial charge in [-0.15, -0.1) is 0 Å². The molecule has 170 valence electrons. The van der Waals surface area contributed by atoms with E-state index >= 15 is 0 Å². The highest BCUT2D eigenvalue weighted by Gasteiger charge is 2.39. The van der Waals surface area contributed by atoms with E-state index < -0.39 is 17.7 Å². The van der Waals surface area contributed by atoms with Crippen molar-refractivity contribution in [2.45, 2.75) is 45.3 Å². The van der Waals surface area contributed by atoms with Gasteiger partial charge < -0.3 is 14.5 Å². The summed E-state index contributed by atoms with van der Waals surface area (Å²) in [4.78, 5) is 40.5. The van der Waals surface area contributed by atoms with E-state index in [-0.39, 0.29) is 5.91 Å².